The highest BCUT2D eigenvalue weighted by Crippen LogP contribution is 2.19. The van der Waals surface area contributed by atoms with Crippen molar-refractivity contribution in [2.45, 2.75) is 18.1 Å². The first kappa shape index (κ1) is 22.0. The number of amides is 1. The number of benzene rings is 2. The summed E-state index contributed by atoms with van der Waals surface area (Å²) in [7, 11) is 3.42. The second-order valence-electron chi connectivity index (χ2n) is 6.48. The maximum absolute atomic E-state index is 12.3. The van der Waals surface area contributed by atoms with Gasteiger partial charge in [0.05, 0.1) is 25.8 Å². The van der Waals surface area contributed by atoms with Crippen LogP contribution in [0, 0.1) is 0 Å². The molecule has 0 aliphatic rings. The Hall–Kier alpha value is -2.65. The molecule has 0 radical (unpaired) electrons. The first-order valence-electron chi connectivity index (χ1n) is 9.15. The van der Waals surface area contributed by atoms with Crippen LogP contribution in [-0.2, 0) is 24.8 Å². The molecule has 3 rings (SSSR count). The van der Waals surface area contributed by atoms with Gasteiger partial charge in [-0.05, 0) is 29.8 Å². The fourth-order valence-corrected chi connectivity index (χ4v) is 3.73. The molecule has 7 nitrogen and oxygen atoms in total. The quantitative estimate of drug-likeness (QED) is 0.366. The summed E-state index contributed by atoms with van der Waals surface area (Å²) in [6, 6.07) is 14.6. The fraction of sp³-hybridized carbons (Fsp3) is 0.238. The maximum atomic E-state index is 12.3. The number of rotatable bonds is 9. The average Bonchev–Trinajstić information content (AvgIpc) is 3.11. The largest absolute Gasteiger partial charge is 0.497 e. The molecule has 0 unspecified atom stereocenters. The minimum atomic E-state index is -0.109. The molecular weight excluding hydrogens is 468 g/mol. The minimum absolute atomic E-state index is 0.0184. The number of nitrogens with one attached hydrogen (secondary N) is 1. The van der Waals surface area contributed by atoms with Crippen molar-refractivity contribution in [3.05, 3.63) is 70.0 Å². The first-order chi connectivity index (χ1) is 14.5. The van der Waals surface area contributed by atoms with Crippen LogP contribution in [0.15, 0.2) is 58.2 Å². The van der Waals surface area contributed by atoms with E-state index < -0.39 is 0 Å². The Labute approximate surface area is 187 Å². The van der Waals surface area contributed by atoms with Gasteiger partial charge in [-0.15, -0.1) is 10.2 Å². The van der Waals surface area contributed by atoms with E-state index in [4.69, 9.17) is 4.74 Å². The lowest BCUT2D eigenvalue weighted by molar-refractivity contribution is -0.120. The minimum Gasteiger partial charge on any atom is -0.497 e. The number of carbonyl (C=O) groups is 2. The lowest BCUT2D eigenvalue weighted by Gasteiger charge is -2.07. The molecule has 0 fully saturated rings. The Bertz CT molecular complexity index is 1020. The van der Waals surface area contributed by atoms with Crippen LogP contribution in [0.4, 0.5) is 0 Å². The molecule has 0 atom stereocenters. The van der Waals surface area contributed by atoms with Crippen LogP contribution in [0.1, 0.15) is 21.7 Å². The Morgan fingerprint density at radius 1 is 1.10 bits per heavy atom. The molecular formula is C21H21BrN4O3S. The van der Waals surface area contributed by atoms with Crippen LogP contribution in [0.2, 0.25) is 0 Å². The number of hydrogen-bond donors (Lipinski definition) is 1. The van der Waals surface area contributed by atoms with E-state index in [0.29, 0.717) is 16.5 Å². The normalized spacial score (nSPS) is 10.6. The Balaban J connectivity index is 1.50. The van der Waals surface area contributed by atoms with E-state index in [2.05, 4.69) is 31.4 Å². The summed E-state index contributed by atoms with van der Waals surface area (Å²) in [5, 5.41) is 11.7. The molecule has 9 heteroatoms. The molecule has 0 saturated heterocycles. The van der Waals surface area contributed by atoms with Crippen molar-refractivity contribution in [3.63, 3.8) is 0 Å². The number of ether oxygens (including phenoxy) is 1. The van der Waals surface area contributed by atoms with Gasteiger partial charge in [-0.2, -0.15) is 0 Å². The molecule has 0 spiro atoms. The van der Waals surface area contributed by atoms with Gasteiger partial charge in [0.1, 0.15) is 5.75 Å². The smallest absolute Gasteiger partial charge is 0.224 e. The van der Waals surface area contributed by atoms with Gasteiger partial charge in [-0.25, -0.2) is 0 Å². The van der Waals surface area contributed by atoms with Gasteiger partial charge in [0.2, 0.25) is 5.91 Å². The van der Waals surface area contributed by atoms with Crippen molar-refractivity contribution >= 4 is 39.4 Å². The highest BCUT2D eigenvalue weighted by atomic mass is 79.9. The number of hydrogen-bond acceptors (Lipinski definition) is 6. The lowest BCUT2D eigenvalue weighted by Crippen LogP contribution is -2.26. The van der Waals surface area contributed by atoms with Crippen LogP contribution in [-0.4, -0.2) is 39.3 Å². The lowest BCUT2D eigenvalue weighted by atomic mass is 10.1. The molecule has 0 aliphatic heterocycles. The average molecular weight is 489 g/mol. The van der Waals surface area contributed by atoms with Crippen molar-refractivity contribution < 1.29 is 14.3 Å². The zero-order valence-electron chi connectivity index (χ0n) is 16.6. The third-order valence-corrected chi connectivity index (χ3v) is 5.94. The Kier molecular flexibility index (Phi) is 7.64. The predicted octanol–water partition coefficient (Wildman–Crippen LogP) is 3.42. The molecule has 3 aromatic rings. The molecule has 0 saturated carbocycles. The van der Waals surface area contributed by atoms with Crippen molar-refractivity contribution in [2.24, 2.45) is 7.05 Å². The van der Waals surface area contributed by atoms with Crippen LogP contribution in [0.25, 0.3) is 0 Å². The third-order valence-electron chi connectivity index (χ3n) is 4.39. The van der Waals surface area contributed by atoms with E-state index in [1.807, 2.05) is 43.4 Å². The molecule has 1 heterocycles. The summed E-state index contributed by atoms with van der Waals surface area (Å²) in [6.45, 7) is 0.264. The second-order valence-corrected chi connectivity index (χ2v) is 8.34. The molecule has 1 aromatic heterocycles. The van der Waals surface area contributed by atoms with E-state index in [0.717, 1.165) is 15.8 Å². The van der Waals surface area contributed by atoms with E-state index in [1.165, 1.54) is 11.8 Å². The topological polar surface area (TPSA) is 86.1 Å². The summed E-state index contributed by atoms with van der Waals surface area (Å²) in [6.07, 6.45) is 0.269. The zero-order chi connectivity index (χ0) is 21.5. The summed E-state index contributed by atoms with van der Waals surface area (Å²) >= 11 is 4.68. The first-order valence-corrected chi connectivity index (χ1v) is 10.9. The molecule has 1 N–H and O–H groups in total. The molecule has 1 amide bonds. The summed E-state index contributed by atoms with van der Waals surface area (Å²) < 4.78 is 7.83. The van der Waals surface area contributed by atoms with Crippen molar-refractivity contribution in [3.8, 4) is 5.75 Å². The van der Waals surface area contributed by atoms with Crippen LogP contribution in [0.3, 0.4) is 0 Å². The van der Waals surface area contributed by atoms with Gasteiger partial charge in [-0.1, -0.05) is 52.0 Å². The van der Waals surface area contributed by atoms with Gasteiger partial charge in [0, 0.05) is 17.1 Å². The van der Waals surface area contributed by atoms with E-state index in [-0.39, 0.29) is 30.4 Å². The SMILES string of the molecule is COc1ccc(CC(=O)NCc2nnc(SCC(=O)c3ccc(Br)cc3)n2C)cc1. The number of thioether (sulfide) groups is 1. The standard InChI is InChI=1S/C21H21BrN4O3S/c1-26-19(12-23-20(28)11-14-3-9-17(29-2)10-4-14)24-25-21(26)30-13-18(27)15-5-7-16(22)8-6-15/h3-10H,11-13H2,1-2H3,(H,23,28). The molecule has 0 aliphatic carbocycles. The van der Waals surface area contributed by atoms with Gasteiger partial charge >= 0.3 is 0 Å². The molecule has 2 aromatic carbocycles. The maximum Gasteiger partial charge on any atom is 0.224 e. The van der Waals surface area contributed by atoms with Gasteiger partial charge in [0.15, 0.2) is 16.8 Å². The second kappa shape index (κ2) is 10.4. The highest BCUT2D eigenvalue weighted by molar-refractivity contribution is 9.10. The Morgan fingerprint density at radius 3 is 2.47 bits per heavy atom. The van der Waals surface area contributed by atoms with Crippen molar-refractivity contribution in [1.29, 1.82) is 0 Å². The summed E-state index contributed by atoms with van der Waals surface area (Å²) in [5.41, 5.74) is 1.55. The van der Waals surface area contributed by atoms with E-state index in [9.17, 15) is 9.59 Å². The predicted molar refractivity (Wildman–Crippen MR) is 119 cm³/mol. The number of halogens is 1. The molecule has 156 valence electrons. The summed E-state index contributed by atoms with van der Waals surface area (Å²) in [5.74, 6) is 1.54. The van der Waals surface area contributed by atoms with Crippen molar-refractivity contribution in [2.75, 3.05) is 12.9 Å². The monoisotopic (exact) mass is 488 g/mol. The highest BCUT2D eigenvalue weighted by Gasteiger charge is 2.13. The van der Waals surface area contributed by atoms with Crippen LogP contribution >= 0.6 is 27.7 Å². The summed E-state index contributed by atoms with van der Waals surface area (Å²) in [4.78, 5) is 24.5. The molecule has 0 bridgehead atoms. The van der Waals surface area contributed by atoms with Gasteiger partial charge in [0.25, 0.3) is 0 Å². The number of Topliss-reactive ketones (excluding diaryl/α,β-unsaturated/α-hetero) is 1. The van der Waals surface area contributed by atoms with Gasteiger partial charge in [-0.3, -0.25) is 9.59 Å². The zero-order valence-corrected chi connectivity index (χ0v) is 19.0. The van der Waals surface area contributed by atoms with Gasteiger partial charge < -0.3 is 14.6 Å². The number of carbonyl (C=O) groups excluding carboxylic acids is 2. The van der Waals surface area contributed by atoms with Crippen molar-refractivity contribution in [1.82, 2.24) is 20.1 Å². The van der Waals surface area contributed by atoms with Crippen LogP contribution in [0.5, 0.6) is 5.75 Å². The third kappa shape index (κ3) is 5.93. The fourth-order valence-electron chi connectivity index (χ4n) is 2.64. The Morgan fingerprint density at radius 2 is 1.80 bits per heavy atom. The van der Waals surface area contributed by atoms with E-state index >= 15 is 0 Å². The number of aromatic nitrogens is 3. The van der Waals surface area contributed by atoms with E-state index in [1.54, 1.807) is 23.8 Å². The number of methoxy groups -OCH3 is 1. The number of nitrogens with zero attached hydrogens (tertiary/aromatic N) is 3. The number of ketones is 1. The van der Waals surface area contributed by atoms with Crippen LogP contribution < -0.4 is 10.1 Å². The molecule has 30 heavy (non-hydrogen) atoms.